The first-order valence-corrected chi connectivity index (χ1v) is 8.28. The first kappa shape index (κ1) is 14.0. The van der Waals surface area contributed by atoms with Crippen molar-refractivity contribution in [2.24, 2.45) is 5.41 Å². The zero-order chi connectivity index (χ0) is 13.8. The molecular formula is C15H22N2O2S. The van der Waals surface area contributed by atoms with E-state index in [0.29, 0.717) is 12.0 Å². The van der Waals surface area contributed by atoms with Gasteiger partial charge in [0, 0.05) is 4.88 Å². The molecule has 1 aromatic rings. The zero-order valence-corrected chi connectivity index (χ0v) is 12.5. The van der Waals surface area contributed by atoms with Crippen LogP contribution in [-0.4, -0.2) is 31.7 Å². The van der Waals surface area contributed by atoms with Crippen molar-refractivity contribution < 1.29 is 9.53 Å². The minimum absolute atomic E-state index is 0.0437. The Labute approximate surface area is 123 Å². The maximum Gasteiger partial charge on any atom is 0.249 e. The van der Waals surface area contributed by atoms with Gasteiger partial charge in [-0.15, -0.1) is 11.3 Å². The molecule has 0 aliphatic carbocycles. The highest BCUT2D eigenvalue weighted by Gasteiger charge is 2.38. The minimum Gasteiger partial charge on any atom is -0.368 e. The molecule has 3 heterocycles. The summed E-state index contributed by atoms with van der Waals surface area (Å²) in [6.07, 6.45) is 4.07. The van der Waals surface area contributed by atoms with Gasteiger partial charge in [-0.2, -0.15) is 0 Å². The predicted octanol–water partition coefficient (Wildman–Crippen LogP) is 1.91. The first-order valence-electron chi connectivity index (χ1n) is 7.40. The Morgan fingerprint density at radius 3 is 2.95 bits per heavy atom. The number of ether oxygens (including phenoxy) is 1. The Bertz CT molecular complexity index is 431. The Morgan fingerprint density at radius 1 is 1.45 bits per heavy atom. The molecular weight excluding hydrogens is 272 g/mol. The van der Waals surface area contributed by atoms with E-state index < -0.39 is 0 Å². The Hall–Kier alpha value is -0.910. The monoisotopic (exact) mass is 294 g/mol. The number of piperidine rings is 1. The van der Waals surface area contributed by atoms with Gasteiger partial charge in [0.25, 0.3) is 0 Å². The van der Waals surface area contributed by atoms with E-state index in [1.165, 1.54) is 17.7 Å². The second-order valence-corrected chi connectivity index (χ2v) is 6.92. The molecule has 2 aliphatic rings. The van der Waals surface area contributed by atoms with E-state index in [2.05, 4.69) is 10.6 Å². The van der Waals surface area contributed by atoms with Crippen molar-refractivity contribution in [3.63, 3.8) is 0 Å². The Balaban J connectivity index is 1.46. The molecule has 2 fully saturated rings. The molecule has 1 aromatic heterocycles. The lowest BCUT2D eigenvalue weighted by atomic mass is 9.74. The smallest absolute Gasteiger partial charge is 0.249 e. The molecule has 0 saturated carbocycles. The largest absolute Gasteiger partial charge is 0.368 e. The zero-order valence-electron chi connectivity index (χ0n) is 11.7. The number of hydrogen-bond donors (Lipinski definition) is 2. The van der Waals surface area contributed by atoms with Crippen LogP contribution < -0.4 is 10.6 Å². The van der Waals surface area contributed by atoms with Crippen LogP contribution in [0.4, 0.5) is 0 Å². The number of amides is 1. The summed E-state index contributed by atoms with van der Waals surface area (Å²) in [5, 5.41) is 8.40. The topological polar surface area (TPSA) is 50.4 Å². The van der Waals surface area contributed by atoms with Crippen LogP contribution in [0.15, 0.2) is 17.5 Å². The van der Waals surface area contributed by atoms with Crippen LogP contribution in [0.5, 0.6) is 0 Å². The van der Waals surface area contributed by atoms with E-state index in [9.17, 15) is 4.79 Å². The van der Waals surface area contributed by atoms with Crippen molar-refractivity contribution >= 4 is 17.2 Å². The normalized spacial score (nSPS) is 25.5. The second kappa shape index (κ2) is 6.24. The maximum absolute atomic E-state index is 12.1. The lowest BCUT2D eigenvalue weighted by molar-refractivity contribution is -0.143. The molecule has 0 radical (unpaired) electrons. The lowest BCUT2D eigenvalue weighted by Crippen LogP contribution is -2.47. The molecule has 110 valence electrons. The van der Waals surface area contributed by atoms with E-state index in [0.717, 1.165) is 32.5 Å². The standard InChI is InChI=1S/C15H22N2O2S/c18-14(17-10-12-2-1-9-20-12)13-3-4-15(11-19-13)5-7-16-8-6-15/h1-2,9,13,16H,3-8,10-11H2,(H,17,18). The fourth-order valence-electron chi connectivity index (χ4n) is 3.13. The summed E-state index contributed by atoms with van der Waals surface area (Å²) in [6, 6.07) is 4.04. The molecule has 0 bridgehead atoms. The van der Waals surface area contributed by atoms with Crippen LogP contribution >= 0.6 is 11.3 Å². The van der Waals surface area contributed by atoms with Gasteiger partial charge in [-0.25, -0.2) is 0 Å². The van der Waals surface area contributed by atoms with Gasteiger partial charge in [0.15, 0.2) is 0 Å². The van der Waals surface area contributed by atoms with Crippen LogP contribution in [0.2, 0.25) is 0 Å². The molecule has 1 spiro atoms. The van der Waals surface area contributed by atoms with Gasteiger partial charge >= 0.3 is 0 Å². The molecule has 3 rings (SSSR count). The van der Waals surface area contributed by atoms with Gasteiger partial charge in [-0.05, 0) is 55.6 Å². The predicted molar refractivity (Wildman–Crippen MR) is 79.7 cm³/mol. The lowest BCUT2D eigenvalue weighted by Gasteiger charge is -2.42. The molecule has 0 aromatic carbocycles. The number of thiophene rings is 1. The van der Waals surface area contributed by atoms with Crippen LogP contribution in [0, 0.1) is 5.41 Å². The molecule has 2 aliphatic heterocycles. The minimum atomic E-state index is -0.254. The number of hydrogen-bond acceptors (Lipinski definition) is 4. The van der Waals surface area contributed by atoms with Crippen LogP contribution in [0.1, 0.15) is 30.6 Å². The number of rotatable bonds is 3. The van der Waals surface area contributed by atoms with Gasteiger partial charge in [-0.1, -0.05) is 6.07 Å². The average Bonchev–Trinajstić information content (AvgIpc) is 3.00. The van der Waals surface area contributed by atoms with Gasteiger partial charge in [0.2, 0.25) is 5.91 Å². The Kier molecular flexibility index (Phi) is 4.38. The van der Waals surface area contributed by atoms with E-state index in [1.54, 1.807) is 11.3 Å². The van der Waals surface area contributed by atoms with Crippen molar-refractivity contribution in [1.82, 2.24) is 10.6 Å². The number of carbonyl (C=O) groups excluding carboxylic acids is 1. The fourth-order valence-corrected chi connectivity index (χ4v) is 3.77. The highest BCUT2D eigenvalue weighted by Crippen LogP contribution is 2.38. The van der Waals surface area contributed by atoms with Crippen LogP contribution in [0.25, 0.3) is 0 Å². The van der Waals surface area contributed by atoms with Crippen LogP contribution in [-0.2, 0) is 16.1 Å². The van der Waals surface area contributed by atoms with Gasteiger partial charge in [0.05, 0.1) is 13.2 Å². The van der Waals surface area contributed by atoms with E-state index >= 15 is 0 Å². The highest BCUT2D eigenvalue weighted by atomic mass is 32.1. The van der Waals surface area contributed by atoms with E-state index in [-0.39, 0.29) is 12.0 Å². The van der Waals surface area contributed by atoms with Crippen molar-refractivity contribution in [3.05, 3.63) is 22.4 Å². The molecule has 2 N–H and O–H groups in total. The molecule has 2 saturated heterocycles. The number of carbonyl (C=O) groups is 1. The van der Waals surface area contributed by atoms with Crippen LogP contribution in [0.3, 0.4) is 0 Å². The summed E-state index contributed by atoms with van der Waals surface area (Å²) >= 11 is 1.67. The van der Waals surface area contributed by atoms with Crippen molar-refractivity contribution in [3.8, 4) is 0 Å². The Morgan fingerprint density at radius 2 is 2.30 bits per heavy atom. The summed E-state index contributed by atoms with van der Waals surface area (Å²) in [5.41, 5.74) is 0.329. The summed E-state index contributed by atoms with van der Waals surface area (Å²) < 4.78 is 5.87. The first-order chi connectivity index (χ1) is 9.77. The number of nitrogens with one attached hydrogen (secondary N) is 2. The molecule has 4 nitrogen and oxygen atoms in total. The summed E-state index contributed by atoms with van der Waals surface area (Å²) in [5.74, 6) is 0.0437. The van der Waals surface area contributed by atoms with Crippen molar-refractivity contribution in [1.29, 1.82) is 0 Å². The second-order valence-electron chi connectivity index (χ2n) is 5.89. The van der Waals surface area contributed by atoms with Gasteiger partial charge in [0.1, 0.15) is 6.10 Å². The summed E-state index contributed by atoms with van der Waals surface area (Å²) in [6.45, 7) is 3.52. The molecule has 1 atom stereocenters. The van der Waals surface area contributed by atoms with Gasteiger partial charge < -0.3 is 15.4 Å². The molecule has 5 heteroatoms. The molecule has 1 unspecified atom stereocenters. The van der Waals surface area contributed by atoms with Crippen molar-refractivity contribution in [2.45, 2.75) is 38.3 Å². The third-order valence-corrected chi connectivity index (χ3v) is 5.38. The SMILES string of the molecule is O=C(NCc1cccs1)C1CCC2(CCNCC2)CO1. The highest BCUT2D eigenvalue weighted by molar-refractivity contribution is 7.09. The third-order valence-electron chi connectivity index (χ3n) is 4.50. The van der Waals surface area contributed by atoms with Gasteiger partial charge in [-0.3, -0.25) is 4.79 Å². The van der Waals surface area contributed by atoms with Crippen molar-refractivity contribution in [2.75, 3.05) is 19.7 Å². The van der Waals surface area contributed by atoms with E-state index in [1.807, 2.05) is 17.5 Å². The average molecular weight is 294 g/mol. The van der Waals surface area contributed by atoms with E-state index in [4.69, 9.17) is 4.74 Å². The fraction of sp³-hybridized carbons (Fsp3) is 0.667. The third kappa shape index (κ3) is 3.22. The quantitative estimate of drug-likeness (QED) is 0.895. The summed E-state index contributed by atoms with van der Waals surface area (Å²) in [7, 11) is 0. The molecule has 1 amide bonds. The molecule has 20 heavy (non-hydrogen) atoms. The maximum atomic E-state index is 12.1. The summed E-state index contributed by atoms with van der Waals surface area (Å²) in [4.78, 5) is 13.3.